The topological polar surface area (TPSA) is 82.4 Å². The maximum atomic E-state index is 13.9. The van der Waals surface area contributed by atoms with Crippen LogP contribution >= 0.6 is 0 Å². The number of ether oxygens (including phenoxy) is 2. The monoisotopic (exact) mass is 539 g/mol. The Bertz CT molecular complexity index is 1440. The van der Waals surface area contributed by atoms with E-state index in [1.54, 1.807) is 29.4 Å². The number of pyridine rings is 1. The second kappa shape index (κ2) is 11.5. The third-order valence-corrected chi connectivity index (χ3v) is 6.18. The van der Waals surface area contributed by atoms with Crippen LogP contribution in [-0.4, -0.2) is 50.3 Å². The van der Waals surface area contributed by atoms with Crippen molar-refractivity contribution >= 4 is 5.91 Å². The zero-order chi connectivity index (χ0) is 28.2. The Morgan fingerprint density at radius 1 is 1.05 bits per heavy atom. The van der Waals surface area contributed by atoms with E-state index in [-0.39, 0.29) is 24.2 Å². The summed E-state index contributed by atoms with van der Waals surface area (Å²) in [7, 11) is 1.41. The molecular formula is C28H28F3N5O3. The van der Waals surface area contributed by atoms with Crippen LogP contribution in [0.2, 0.25) is 0 Å². The van der Waals surface area contributed by atoms with Crippen molar-refractivity contribution in [3.63, 3.8) is 0 Å². The highest BCUT2D eigenvalue weighted by Gasteiger charge is 2.32. The number of carbonyl (C=O) groups excluding carboxylic acids is 1. The number of rotatable bonds is 9. The molecule has 0 aliphatic rings. The number of hydrogen-bond acceptors (Lipinski definition) is 6. The lowest BCUT2D eigenvalue weighted by Crippen LogP contribution is -2.37. The van der Waals surface area contributed by atoms with E-state index in [0.29, 0.717) is 29.1 Å². The fourth-order valence-corrected chi connectivity index (χ4v) is 4.20. The van der Waals surface area contributed by atoms with E-state index >= 15 is 0 Å². The summed E-state index contributed by atoms with van der Waals surface area (Å²) in [6, 6.07) is 14.9. The van der Waals surface area contributed by atoms with Gasteiger partial charge in [-0.05, 0) is 62.2 Å². The van der Waals surface area contributed by atoms with Crippen LogP contribution in [0.4, 0.5) is 13.2 Å². The Balaban J connectivity index is 1.76. The molecule has 204 valence electrons. The molecule has 0 spiro atoms. The Morgan fingerprint density at radius 3 is 2.41 bits per heavy atom. The zero-order valence-electron chi connectivity index (χ0n) is 21.9. The van der Waals surface area contributed by atoms with Gasteiger partial charge in [0.25, 0.3) is 5.91 Å². The first-order chi connectivity index (χ1) is 18.6. The lowest BCUT2D eigenvalue weighted by molar-refractivity contribution is -0.274. The molecule has 0 atom stereocenters. The average Bonchev–Trinajstić information content (AvgIpc) is 3.31. The molecule has 2 heterocycles. The maximum absolute atomic E-state index is 13.9. The largest absolute Gasteiger partial charge is 0.573 e. The molecule has 0 N–H and O–H groups in total. The van der Waals surface area contributed by atoms with E-state index in [1.165, 1.54) is 30.0 Å². The van der Waals surface area contributed by atoms with Crippen molar-refractivity contribution in [2.45, 2.75) is 46.3 Å². The van der Waals surface area contributed by atoms with Gasteiger partial charge in [0, 0.05) is 36.1 Å². The molecule has 39 heavy (non-hydrogen) atoms. The minimum absolute atomic E-state index is 0.0321. The summed E-state index contributed by atoms with van der Waals surface area (Å²) < 4.78 is 49.5. The van der Waals surface area contributed by atoms with Gasteiger partial charge in [0.15, 0.2) is 5.69 Å². The number of carbonyl (C=O) groups is 1. The molecule has 11 heteroatoms. The molecule has 0 unspecified atom stereocenters. The summed E-state index contributed by atoms with van der Waals surface area (Å²) in [5, 5.41) is 8.48. The Kier molecular flexibility index (Phi) is 8.18. The Labute approximate surface area is 224 Å². The molecule has 1 amide bonds. The number of aryl methyl sites for hydroxylation is 1. The number of methoxy groups -OCH3 is 1. The normalized spacial score (nSPS) is 11.5. The third-order valence-electron chi connectivity index (χ3n) is 6.18. The maximum Gasteiger partial charge on any atom is 0.573 e. The van der Waals surface area contributed by atoms with Crippen LogP contribution in [0.5, 0.6) is 11.5 Å². The van der Waals surface area contributed by atoms with Crippen LogP contribution in [0.15, 0.2) is 67.0 Å². The molecule has 0 fully saturated rings. The molecule has 0 aliphatic carbocycles. The highest BCUT2D eigenvalue weighted by Crippen LogP contribution is 2.31. The molecule has 2 aromatic heterocycles. The van der Waals surface area contributed by atoms with Gasteiger partial charge in [-0.25, -0.2) is 4.68 Å². The van der Waals surface area contributed by atoms with E-state index in [0.717, 1.165) is 11.1 Å². The number of amides is 1. The highest BCUT2D eigenvalue weighted by molar-refractivity contribution is 5.98. The summed E-state index contributed by atoms with van der Waals surface area (Å²) in [5.41, 5.74) is 3.57. The number of halogens is 3. The van der Waals surface area contributed by atoms with Crippen LogP contribution in [0.25, 0.3) is 11.3 Å². The Hall–Kier alpha value is -4.41. The summed E-state index contributed by atoms with van der Waals surface area (Å²) in [6.07, 6.45) is -1.70. The SMILES string of the molecule is COc1ccc(OC(F)(F)F)cc1Cn1nnc(C(=O)N(Cc2ccccc2C)C(C)C)c1-c1ccncc1. The number of hydrogen-bond donors (Lipinski definition) is 0. The predicted molar refractivity (Wildman–Crippen MR) is 138 cm³/mol. The number of benzene rings is 2. The fraction of sp³-hybridized carbons (Fsp3) is 0.286. The fourth-order valence-electron chi connectivity index (χ4n) is 4.20. The van der Waals surface area contributed by atoms with Crippen molar-refractivity contribution < 1.29 is 27.4 Å². The minimum atomic E-state index is -4.85. The van der Waals surface area contributed by atoms with Crippen molar-refractivity contribution in [3.05, 3.63) is 89.4 Å². The van der Waals surface area contributed by atoms with Crippen LogP contribution in [0.3, 0.4) is 0 Å². The number of nitrogens with zero attached hydrogens (tertiary/aromatic N) is 5. The predicted octanol–water partition coefficient (Wildman–Crippen LogP) is 5.65. The van der Waals surface area contributed by atoms with Crippen molar-refractivity contribution in [1.82, 2.24) is 24.9 Å². The van der Waals surface area contributed by atoms with E-state index < -0.39 is 12.1 Å². The standard InChI is InChI=1S/C28H28F3N5O3/c1-18(2)35(16-21-8-6-5-7-19(21)3)27(37)25-26(20-11-13-32-14-12-20)36(34-33-25)17-22-15-23(39-28(29,30)31)9-10-24(22)38-4/h5-15,18H,16-17H2,1-4H3. The molecule has 2 aromatic carbocycles. The molecule has 0 aliphatic heterocycles. The van der Waals surface area contributed by atoms with Crippen LogP contribution in [-0.2, 0) is 13.1 Å². The molecule has 0 bridgehead atoms. The quantitative estimate of drug-likeness (QED) is 0.273. The average molecular weight is 540 g/mol. The van der Waals surface area contributed by atoms with Crippen LogP contribution < -0.4 is 9.47 Å². The first-order valence-electron chi connectivity index (χ1n) is 12.2. The van der Waals surface area contributed by atoms with Gasteiger partial charge in [-0.2, -0.15) is 0 Å². The Morgan fingerprint density at radius 2 is 1.77 bits per heavy atom. The van der Waals surface area contributed by atoms with Crippen LogP contribution in [0, 0.1) is 6.92 Å². The smallest absolute Gasteiger partial charge is 0.496 e. The van der Waals surface area contributed by atoms with Crippen molar-refractivity contribution in [1.29, 1.82) is 0 Å². The van der Waals surface area contributed by atoms with Gasteiger partial charge in [0.1, 0.15) is 17.2 Å². The number of alkyl halides is 3. The molecule has 4 aromatic rings. The van der Waals surface area contributed by atoms with Gasteiger partial charge < -0.3 is 14.4 Å². The molecule has 0 radical (unpaired) electrons. The van der Waals surface area contributed by atoms with E-state index in [4.69, 9.17) is 4.74 Å². The van der Waals surface area contributed by atoms with Gasteiger partial charge in [-0.3, -0.25) is 9.78 Å². The van der Waals surface area contributed by atoms with Gasteiger partial charge in [0.05, 0.1) is 13.7 Å². The summed E-state index contributed by atoms with van der Waals surface area (Å²) in [5.74, 6) is -0.395. The molecular weight excluding hydrogens is 511 g/mol. The van der Waals surface area contributed by atoms with E-state index in [2.05, 4.69) is 20.0 Å². The van der Waals surface area contributed by atoms with Gasteiger partial charge >= 0.3 is 6.36 Å². The van der Waals surface area contributed by atoms with Crippen LogP contribution in [0.1, 0.15) is 41.0 Å². The number of aromatic nitrogens is 4. The summed E-state index contributed by atoms with van der Waals surface area (Å²) in [4.78, 5) is 19.7. The summed E-state index contributed by atoms with van der Waals surface area (Å²) in [6.45, 7) is 6.17. The molecule has 4 rings (SSSR count). The van der Waals surface area contributed by atoms with E-state index in [1.807, 2.05) is 45.0 Å². The molecule has 0 saturated heterocycles. The molecule has 8 nitrogen and oxygen atoms in total. The highest BCUT2D eigenvalue weighted by atomic mass is 19.4. The first kappa shape index (κ1) is 27.6. The minimum Gasteiger partial charge on any atom is -0.496 e. The van der Waals surface area contributed by atoms with Crippen molar-refractivity contribution in [2.75, 3.05) is 7.11 Å². The van der Waals surface area contributed by atoms with Crippen molar-refractivity contribution in [2.24, 2.45) is 0 Å². The lowest BCUT2D eigenvalue weighted by Gasteiger charge is -2.27. The third kappa shape index (κ3) is 6.54. The summed E-state index contributed by atoms with van der Waals surface area (Å²) >= 11 is 0. The van der Waals surface area contributed by atoms with Gasteiger partial charge in [-0.15, -0.1) is 18.3 Å². The van der Waals surface area contributed by atoms with E-state index in [9.17, 15) is 18.0 Å². The molecule has 0 saturated carbocycles. The second-order valence-corrected chi connectivity index (χ2v) is 9.15. The van der Waals surface area contributed by atoms with Gasteiger partial charge in [0.2, 0.25) is 0 Å². The first-order valence-corrected chi connectivity index (χ1v) is 12.2. The lowest BCUT2D eigenvalue weighted by atomic mass is 10.1. The zero-order valence-corrected chi connectivity index (χ0v) is 21.9. The van der Waals surface area contributed by atoms with Crippen molar-refractivity contribution in [3.8, 4) is 22.8 Å². The van der Waals surface area contributed by atoms with Gasteiger partial charge in [-0.1, -0.05) is 29.5 Å². The second-order valence-electron chi connectivity index (χ2n) is 9.15.